The van der Waals surface area contributed by atoms with E-state index in [4.69, 9.17) is 11.6 Å². The maximum absolute atomic E-state index is 13.2. The lowest BCUT2D eigenvalue weighted by molar-refractivity contribution is -0.137. The second kappa shape index (κ2) is 11.5. The molecule has 0 radical (unpaired) electrons. The maximum atomic E-state index is 13.2. The first kappa shape index (κ1) is 27.0. The van der Waals surface area contributed by atoms with Crippen LogP contribution < -0.4 is 16.0 Å². The smallest absolute Gasteiger partial charge is 0.314 e. The third-order valence-electron chi connectivity index (χ3n) is 6.56. The SMILES string of the molecule is CN1CCc2nc(C(=O)N[C@@H]3C[C@@H](C(=O)N(C)C)CC[C@@H]3NC(=O)C(=O)Nc3cc(Cl)ccn3)sc2C1. The Labute approximate surface area is 224 Å². The minimum Gasteiger partial charge on any atom is -0.349 e. The zero-order valence-corrected chi connectivity index (χ0v) is 22.5. The fraction of sp³-hybridized carbons (Fsp3) is 0.500. The van der Waals surface area contributed by atoms with Gasteiger partial charge in [-0.3, -0.25) is 19.2 Å². The molecule has 2 aromatic rings. The van der Waals surface area contributed by atoms with E-state index in [2.05, 4.69) is 30.8 Å². The average molecular weight is 548 g/mol. The van der Waals surface area contributed by atoms with Gasteiger partial charge in [0.05, 0.1) is 11.7 Å². The van der Waals surface area contributed by atoms with Crippen LogP contribution in [0.5, 0.6) is 0 Å². The topological polar surface area (TPSA) is 137 Å². The number of likely N-dealkylation sites (N-methyl/N-ethyl adjacent to an activating group) is 1. The molecule has 2 aliphatic rings. The highest BCUT2D eigenvalue weighted by Gasteiger charge is 2.37. The van der Waals surface area contributed by atoms with E-state index in [-0.39, 0.29) is 23.6 Å². The molecule has 1 saturated carbocycles. The summed E-state index contributed by atoms with van der Waals surface area (Å²) in [7, 11) is 5.41. The zero-order valence-electron chi connectivity index (χ0n) is 20.9. The van der Waals surface area contributed by atoms with E-state index in [0.29, 0.717) is 29.3 Å². The summed E-state index contributed by atoms with van der Waals surface area (Å²) in [4.78, 5) is 64.3. The van der Waals surface area contributed by atoms with Crippen molar-refractivity contribution in [3.05, 3.63) is 38.9 Å². The molecule has 4 rings (SSSR count). The lowest BCUT2D eigenvalue weighted by Crippen LogP contribution is -2.57. The summed E-state index contributed by atoms with van der Waals surface area (Å²) in [5.41, 5.74) is 0.939. The van der Waals surface area contributed by atoms with E-state index in [1.54, 1.807) is 20.2 Å². The monoisotopic (exact) mass is 547 g/mol. The van der Waals surface area contributed by atoms with Crippen molar-refractivity contribution in [1.82, 2.24) is 30.4 Å². The van der Waals surface area contributed by atoms with Crippen LogP contribution in [-0.2, 0) is 27.3 Å². The predicted octanol–water partition coefficient (Wildman–Crippen LogP) is 1.29. The van der Waals surface area contributed by atoms with E-state index >= 15 is 0 Å². The van der Waals surface area contributed by atoms with Gasteiger partial charge >= 0.3 is 11.8 Å². The number of hydrogen-bond acceptors (Lipinski definition) is 8. The van der Waals surface area contributed by atoms with Crippen molar-refractivity contribution in [1.29, 1.82) is 0 Å². The summed E-state index contributed by atoms with van der Waals surface area (Å²) < 4.78 is 0. The van der Waals surface area contributed by atoms with Gasteiger partial charge in [0.1, 0.15) is 5.82 Å². The number of carbonyl (C=O) groups excluding carboxylic acids is 4. The number of nitrogens with zero attached hydrogens (tertiary/aromatic N) is 4. The summed E-state index contributed by atoms with van der Waals surface area (Å²) in [5, 5.41) is 8.85. The van der Waals surface area contributed by atoms with Crippen LogP contribution in [0.25, 0.3) is 0 Å². The zero-order chi connectivity index (χ0) is 26.7. The number of rotatable bonds is 5. The molecule has 3 atom stereocenters. The van der Waals surface area contributed by atoms with Crippen molar-refractivity contribution in [2.75, 3.05) is 33.0 Å². The molecule has 0 aromatic carbocycles. The standard InChI is InChI=1S/C24H30ClN7O4S/c1-31(2)24(36)13-4-5-15(27-20(33)21(34)30-19-11-14(25)6-8-26-19)17(10-13)28-22(35)23-29-16-7-9-32(3)12-18(16)37-23/h6,8,11,13,15,17H,4-5,7,9-10,12H2,1-3H3,(H,27,33)(H,28,35)(H,26,30,34)/t13-,15-,17+/m0/s1. The molecule has 0 saturated heterocycles. The van der Waals surface area contributed by atoms with Crippen molar-refractivity contribution < 1.29 is 19.2 Å². The van der Waals surface area contributed by atoms with E-state index < -0.39 is 23.9 Å². The Bertz CT molecular complexity index is 1200. The normalized spacial score (nSPS) is 21.5. The lowest BCUT2D eigenvalue weighted by atomic mass is 9.81. The summed E-state index contributed by atoms with van der Waals surface area (Å²) in [6.07, 6.45) is 3.47. The molecule has 1 aliphatic heterocycles. The molecule has 4 amide bonds. The Balaban J connectivity index is 1.46. The summed E-state index contributed by atoms with van der Waals surface area (Å²) in [5.74, 6) is -2.31. The van der Waals surface area contributed by atoms with E-state index in [0.717, 1.165) is 30.1 Å². The van der Waals surface area contributed by atoms with Crippen LogP contribution in [0.1, 0.15) is 39.6 Å². The van der Waals surface area contributed by atoms with Gasteiger partial charge in [0.25, 0.3) is 5.91 Å². The Kier molecular flexibility index (Phi) is 8.40. The molecule has 0 spiro atoms. The van der Waals surface area contributed by atoms with E-state index in [1.165, 1.54) is 28.5 Å². The predicted molar refractivity (Wildman–Crippen MR) is 139 cm³/mol. The van der Waals surface area contributed by atoms with Crippen LogP contribution in [-0.4, -0.2) is 83.2 Å². The quantitative estimate of drug-likeness (QED) is 0.480. The Hall–Kier alpha value is -3.09. The highest BCUT2D eigenvalue weighted by Crippen LogP contribution is 2.28. The maximum Gasteiger partial charge on any atom is 0.314 e. The van der Waals surface area contributed by atoms with Crippen LogP contribution in [0, 0.1) is 5.92 Å². The van der Waals surface area contributed by atoms with Gasteiger partial charge in [-0.15, -0.1) is 11.3 Å². The van der Waals surface area contributed by atoms with Crippen LogP contribution in [0.3, 0.4) is 0 Å². The van der Waals surface area contributed by atoms with Crippen molar-refractivity contribution in [2.45, 2.75) is 44.3 Å². The summed E-state index contributed by atoms with van der Waals surface area (Å²) in [6.45, 7) is 1.63. The number of anilines is 1. The highest BCUT2D eigenvalue weighted by molar-refractivity contribution is 7.13. The molecular weight excluding hydrogens is 518 g/mol. The molecule has 37 heavy (non-hydrogen) atoms. The molecule has 198 valence electrons. The van der Waals surface area contributed by atoms with Crippen LogP contribution in [0.2, 0.25) is 5.02 Å². The lowest BCUT2D eigenvalue weighted by Gasteiger charge is -2.37. The third-order valence-corrected chi connectivity index (χ3v) is 7.88. The second-order valence-electron chi connectivity index (χ2n) is 9.59. The minimum atomic E-state index is -0.900. The van der Waals surface area contributed by atoms with Gasteiger partial charge in [-0.05, 0) is 38.4 Å². The number of fused-ring (bicyclic) bond motifs is 1. The Morgan fingerprint density at radius 2 is 1.92 bits per heavy atom. The summed E-state index contributed by atoms with van der Waals surface area (Å²) in [6, 6.07) is 1.88. The van der Waals surface area contributed by atoms with Gasteiger partial charge in [0.2, 0.25) is 5.91 Å². The third kappa shape index (κ3) is 6.62. The first-order valence-electron chi connectivity index (χ1n) is 12.0. The van der Waals surface area contributed by atoms with Crippen LogP contribution in [0.4, 0.5) is 5.82 Å². The fourth-order valence-corrected chi connectivity index (χ4v) is 5.87. The molecule has 0 unspecified atom stereocenters. The number of thiazole rings is 1. The van der Waals surface area contributed by atoms with Gasteiger partial charge in [0, 0.05) is 61.7 Å². The van der Waals surface area contributed by atoms with Crippen molar-refractivity contribution in [3.8, 4) is 0 Å². The minimum absolute atomic E-state index is 0.0402. The average Bonchev–Trinajstić information content (AvgIpc) is 3.28. The molecule has 11 nitrogen and oxygen atoms in total. The van der Waals surface area contributed by atoms with Gasteiger partial charge < -0.3 is 25.8 Å². The van der Waals surface area contributed by atoms with E-state index in [9.17, 15) is 19.2 Å². The number of pyridine rings is 1. The molecule has 13 heteroatoms. The fourth-order valence-electron chi connectivity index (χ4n) is 4.62. The number of hydrogen-bond donors (Lipinski definition) is 3. The van der Waals surface area contributed by atoms with Gasteiger partial charge in [0.15, 0.2) is 5.01 Å². The van der Waals surface area contributed by atoms with Crippen LogP contribution in [0.15, 0.2) is 18.3 Å². The van der Waals surface area contributed by atoms with Crippen molar-refractivity contribution in [2.24, 2.45) is 5.92 Å². The summed E-state index contributed by atoms with van der Waals surface area (Å²) >= 11 is 7.27. The molecule has 2 aromatic heterocycles. The largest absolute Gasteiger partial charge is 0.349 e. The van der Waals surface area contributed by atoms with Crippen LogP contribution >= 0.6 is 22.9 Å². The molecular formula is C24H30ClN7O4S. The second-order valence-corrected chi connectivity index (χ2v) is 11.1. The molecule has 0 bridgehead atoms. The number of aromatic nitrogens is 2. The van der Waals surface area contributed by atoms with Crippen molar-refractivity contribution in [3.63, 3.8) is 0 Å². The molecule has 1 aliphatic carbocycles. The van der Waals surface area contributed by atoms with Crippen molar-refractivity contribution >= 4 is 52.4 Å². The number of carbonyl (C=O) groups is 4. The van der Waals surface area contributed by atoms with Gasteiger partial charge in [-0.1, -0.05) is 11.6 Å². The Morgan fingerprint density at radius 3 is 2.65 bits per heavy atom. The first-order chi connectivity index (χ1) is 17.6. The molecule has 1 fully saturated rings. The molecule has 3 N–H and O–H groups in total. The Morgan fingerprint density at radius 1 is 1.14 bits per heavy atom. The number of halogens is 1. The van der Waals surface area contributed by atoms with Gasteiger partial charge in [-0.2, -0.15) is 0 Å². The highest BCUT2D eigenvalue weighted by atomic mass is 35.5. The molecule has 3 heterocycles. The number of amides is 4. The van der Waals surface area contributed by atoms with E-state index in [1.807, 2.05) is 7.05 Å². The van der Waals surface area contributed by atoms with Gasteiger partial charge in [-0.25, -0.2) is 9.97 Å². The first-order valence-corrected chi connectivity index (χ1v) is 13.2. The number of nitrogens with one attached hydrogen (secondary N) is 3.